The minimum atomic E-state index is -6.34. The zero-order valence-corrected chi connectivity index (χ0v) is 16.0. The van der Waals surface area contributed by atoms with Gasteiger partial charge in [0.05, 0.1) is 5.75 Å². The van der Waals surface area contributed by atoms with E-state index in [0.29, 0.717) is 6.07 Å². The van der Waals surface area contributed by atoms with Crippen LogP contribution in [0.1, 0.15) is 5.56 Å². The largest absolute Gasteiger partial charge is 0.470 e. The Morgan fingerprint density at radius 2 is 1.61 bits per heavy atom. The normalized spacial score (nSPS) is 14.1. The molecular formula is C9H8F4O11S4. The van der Waals surface area contributed by atoms with Gasteiger partial charge in [0.1, 0.15) is 17.8 Å². The van der Waals surface area contributed by atoms with Gasteiger partial charge in [0.15, 0.2) is 0 Å². The van der Waals surface area contributed by atoms with Crippen molar-refractivity contribution in [2.24, 2.45) is 0 Å². The van der Waals surface area contributed by atoms with Crippen LogP contribution in [-0.4, -0.2) is 44.2 Å². The molecule has 0 fully saturated rings. The maximum absolute atomic E-state index is 13.4. The second-order valence-electron chi connectivity index (χ2n) is 4.57. The van der Waals surface area contributed by atoms with Crippen molar-refractivity contribution in [3.8, 4) is 5.75 Å². The predicted octanol–water partition coefficient (Wildman–Crippen LogP) is 1.37. The standard InChI is InChI=1S/C9H8F4O11S4/c10-8(11,25-24-23-14)28(20,21)22-7-3-1-2-6(4-7)5-26(15,16)9(12,13)27(17,18)19/h1-4,14H,5H2,(H,17,18,19). The van der Waals surface area contributed by atoms with Gasteiger partial charge in [-0.1, -0.05) is 17.2 Å². The molecule has 0 bridgehead atoms. The monoisotopic (exact) mass is 496 g/mol. The molecule has 28 heavy (non-hydrogen) atoms. The maximum atomic E-state index is 13.4. The summed E-state index contributed by atoms with van der Waals surface area (Å²) in [6.07, 6.45) is 0. The van der Waals surface area contributed by atoms with Gasteiger partial charge in [0.2, 0.25) is 9.84 Å². The summed E-state index contributed by atoms with van der Waals surface area (Å²) in [6.45, 7) is 0. The van der Waals surface area contributed by atoms with Crippen LogP contribution in [0.5, 0.6) is 5.75 Å². The van der Waals surface area contributed by atoms with Gasteiger partial charge in [-0.25, -0.2) is 13.7 Å². The number of alkyl halides is 4. The molecule has 0 atom stereocenters. The number of benzene rings is 1. The molecule has 162 valence electrons. The predicted molar refractivity (Wildman–Crippen MR) is 82.4 cm³/mol. The summed E-state index contributed by atoms with van der Waals surface area (Å²) in [5.41, 5.74) is -0.693. The van der Waals surface area contributed by atoms with Gasteiger partial charge < -0.3 is 4.18 Å². The molecular weight excluding hydrogens is 488 g/mol. The first-order valence-electron chi connectivity index (χ1n) is 6.11. The van der Waals surface area contributed by atoms with Gasteiger partial charge in [0, 0.05) is 0 Å². The molecule has 0 amide bonds. The van der Waals surface area contributed by atoms with E-state index < -0.39 is 68.4 Å². The van der Waals surface area contributed by atoms with Crippen LogP contribution >= 0.6 is 12.0 Å². The molecule has 0 saturated carbocycles. The number of halogens is 4. The molecule has 0 saturated heterocycles. The third kappa shape index (κ3) is 5.43. The number of rotatable bonds is 10. The Kier molecular flexibility index (Phi) is 7.32. The van der Waals surface area contributed by atoms with E-state index in [4.69, 9.17) is 9.81 Å². The molecule has 1 aromatic carbocycles. The van der Waals surface area contributed by atoms with Crippen molar-refractivity contribution in [1.82, 2.24) is 0 Å². The van der Waals surface area contributed by atoms with E-state index in [9.17, 15) is 42.8 Å². The minimum Gasteiger partial charge on any atom is -0.377 e. The minimum absolute atomic E-state index is 0.430. The fourth-order valence-corrected chi connectivity index (χ4v) is 4.75. The maximum Gasteiger partial charge on any atom is 0.470 e. The summed E-state index contributed by atoms with van der Waals surface area (Å²) in [6, 6.07) is 2.77. The van der Waals surface area contributed by atoms with Gasteiger partial charge in [0.25, 0.3) is 0 Å². The van der Waals surface area contributed by atoms with Crippen LogP contribution in [0.25, 0.3) is 0 Å². The van der Waals surface area contributed by atoms with Crippen LogP contribution in [0.3, 0.4) is 0 Å². The molecule has 0 aromatic heterocycles. The molecule has 19 heteroatoms. The van der Waals surface area contributed by atoms with Crippen molar-refractivity contribution in [3.63, 3.8) is 0 Å². The lowest BCUT2D eigenvalue weighted by molar-refractivity contribution is -0.433. The molecule has 0 radical (unpaired) electrons. The fraction of sp³-hybridized carbons (Fsp3) is 0.333. The van der Waals surface area contributed by atoms with Crippen molar-refractivity contribution >= 4 is 42.1 Å². The summed E-state index contributed by atoms with van der Waals surface area (Å²) in [5.74, 6) is -2.70. The first-order valence-corrected chi connectivity index (χ1v) is 11.3. The molecule has 0 unspecified atom stereocenters. The molecule has 0 spiro atoms. The second kappa shape index (κ2) is 8.26. The van der Waals surface area contributed by atoms with E-state index in [1.54, 1.807) is 0 Å². The lowest BCUT2D eigenvalue weighted by Crippen LogP contribution is -2.38. The van der Waals surface area contributed by atoms with E-state index in [2.05, 4.69) is 13.6 Å². The van der Waals surface area contributed by atoms with Crippen LogP contribution < -0.4 is 4.18 Å². The molecule has 0 aliphatic rings. The van der Waals surface area contributed by atoms with Crippen molar-refractivity contribution in [2.75, 3.05) is 0 Å². The summed E-state index contributed by atoms with van der Waals surface area (Å²) >= 11 is -1.18. The fourth-order valence-electron chi connectivity index (χ4n) is 1.42. The zero-order chi connectivity index (χ0) is 22.0. The summed E-state index contributed by atoms with van der Waals surface area (Å²) in [7, 11) is -18.0. The average molecular weight is 496 g/mol. The highest BCUT2D eigenvalue weighted by molar-refractivity contribution is 8.10. The Hall–Kier alpha value is -1.22. The smallest absolute Gasteiger partial charge is 0.377 e. The Bertz CT molecular complexity index is 1020. The van der Waals surface area contributed by atoms with Gasteiger partial charge in [-0.2, -0.15) is 34.4 Å². The van der Waals surface area contributed by atoms with Crippen LogP contribution in [0.4, 0.5) is 17.6 Å². The van der Waals surface area contributed by atoms with E-state index in [-0.39, 0.29) is 0 Å². The SMILES string of the molecule is O=S(=O)(O)C(F)(F)S(=O)(=O)Cc1cccc(OS(=O)(=O)C(F)(F)SOOO)c1. The molecule has 2 N–H and O–H groups in total. The van der Waals surface area contributed by atoms with Gasteiger partial charge in [-0.15, -0.1) is 4.33 Å². The quantitative estimate of drug-likeness (QED) is 0.119. The Balaban J connectivity index is 3.15. The second-order valence-corrected chi connectivity index (χ2v) is 11.0. The number of hydrogen-bond acceptors (Lipinski definition) is 11. The lowest BCUT2D eigenvalue weighted by atomic mass is 10.2. The Morgan fingerprint density at radius 1 is 1.04 bits per heavy atom. The van der Waals surface area contributed by atoms with E-state index in [0.717, 1.165) is 18.2 Å². The van der Waals surface area contributed by atoms with Crippen molar-refractivity contribution in [2.45, 2.75) is 14.9 Å². The van der Waals surface area contributed by atoms with Gasteiger partial charge in [-0.05, 0) is 17.7 Å². The molecule has 1 aromatic rings. The highest BCUT2D eigenvalue weighted by Crippen LogP contribution is 2.37. The Labute approximate surface area is 159 Å². The van der Waals surface area contributed by atoms with Crippen molar-refractivity contribution < 1.29 is 66.2 Å². The van der Waals surface area contributed by atoms with Crippen molar-refractivity contribution in [1.29, 1.82) is 0 Å². The average Bonchev–Trinajstić information content (AvgIpc) is 2.51. The topological polar surface area (TPSA) is 171 Å². The molecule has 0 heterocycles. The van der Waals surface area contributed by atoms with Crippen LogP contribution in [0.15, 0.2) is 24.3 Å². The van der Waals surface area contributed by atoms with Crippen LogP contribution in [0.2, 0.25) is 0 Å². The van der Waals surface area contributed by atoms with Gasteiger partial charge >= 0.3 is 29.4 Å². The number of hydrogen-bond donors (Lipinski definition) is 2. The molecule has 0 aliphatic heterocycles. The molecule has 11 nitrogen and oxygen atoms in total. The molecule has 0 aliphatic carbocycles. The van der Waals surface area contributed by atoms with Crippen LogP contribution in [0, 0.1) is 0 Å². The Morgan fingerprint density at radius 3 is 2.11 bits per heavy atom. The van der Waals surface area contributed by atoms with E-state index in [1.807, 2.05) is 0 Å². The highest BCUT2D eigenvalue weighted by Gasteiger charge is 2.57. The van der Waals surface area contributed by atoms with Crippen LogP contribution in [-0.2, 0) is 45.2 Å². The lowest BCUT2D eigenvalue weighted by Gasteiger charge is -2.15. The zero-order valence-electron chi connectivity index (χ0n) is 12.7. The summed E-state index contributed by atoms with van der Waals surface area (Å²) < 4.78 is 126. The third-order valence-corrected chi connectivity index (χ3v) is 8.14. The van der Waals surface area contributed by atoms with Gasteiger partial charge in [-0.3, -0.25) is 4.55 Å². The molecule has 1 rings (SSSR count). The third-order valence-electron chi connectivity index (χ3n) is 2.58. The summed E-state index contributed by atoms with van der Waals surface area (Å²) in [5, 5.41) is 10.6. The van der Waals surface area contributed by atoms with E-state index >= 15 is 0 Å². The first-order chi connectivity index (χ1) is 12.5. The summed E-state index contributed by atoms with van der Waals surface area (Å²) in [4.78, 5) is 0. The number of sulfone groups is 1. The van der Waals surface area contributed by atoms with E-state index in [1.165, 1.54) is 0 Å². The van der Waals surface area contributed by atoms with Crippen molar-refractivity contribution in [3.05, 3.63) is 29.8 Å². The first kappa shape index (κ1) is 24.8. The highest BCUT2D eigenvalue weighted by atomic mass is 32.3.